The molecule has 7 nitrogen and oxygen atoms in total. The van der Waals surface area contributed by atoms with Crippen molar-refractivity contribution < 1.29 is 23.0 Å². The van der Waals surface area contributed by atoms with Crippen LogP contribution in [-0.2, 0) is 4.79 Å². The van der Waals surface area contributed by atoms with Crippen molar-refractivity contribution in [2.45, 2.75) is 11.5 Å². The maximum atomic E-state index is 13.2. The van der Waals surface area contributed by atoms with Crippen molar-refractivity contribution in [2.75, 3.05) is 11.1 Å². The monoisotopic (exact) mass is 472 g/mol. The van der Waals surface area contributed by atoms with Gasteiger partial charge in [0.25, 0.3) is 0 Å². The van der Waals surface area contributed by atoms with Crippen molar-refractivity contribution in [2.24, 2.45) is 0 Å². The highest BCUT2D eigenvalue weighted by Gasteiger charge is 2.43. The molecule has 11 heteroatoms. The highest BCUT2D eigenvalue weighted by atomic mass is 32.2. The number of para-hydroxylation sites is 1. The maximum Gasteiger partial charge on any atom is 0.586 e. The number of carbonyl (C=O) groups excluding carboxylic acids is 1. The van der Waals surface area contributed by atoms with Gasteiger partial charge < -0.3 is 14.8 Å². The van der Waals surface area contributed by atoms with Gasteiger partial charge in [0.2, 0.25) is 5.91 Å². The number of thiophene rings is 1. The van der Waals surface area contributed by atoms with Crippen LogP contribution in [-0.4, -0.2) is 32.7 Å². The van der Waals surface area contributed by atoms with Gasteiger partial charge in [-0.25, -0.2) is 0 Å². The summed E-state index contributed by atoms with van der Waals surface area (Å²) in [4.78, 5) is 13.4. The predicted octanol–water partition coefficient (Wildman–Crippen LogP) is 5.05. The second-order valence-electron chi connectivity index (χ2n) is 6.62. The molecule has 0 saturated carbocycles. The lowest BCUT2D eigenvalue weighted by Gasteiger charge is -2.09. The van der Waals surface area contributed by atoms with Gasteiger partial charge in [-0.3, -0.25) is 9.36 Å². The summed E-state index contributed by atoms with van der Waals surface area (Å²) in [5.41, 5.74) is 1.19. The third-order valence-electron chi connectivity index (χ3n) is 4.41. The number of anilines is 1. The molecule has 1 aliphatic heterocycles. The van der Waals surface area contributed by atoms with Crippen LogP contribution in [0.2, 0.25) is 0 Å². The van der Waals surface area contributed by atoms with Crippen molar-refractivity contribution in [1.82, 2.24) is 14.8 Å². The summed E-state index contributed by atoms with van der Waals surface area (Å²) in [6, 6.07) is 17.6. The van der Waals surface area contributed by atoms with Gasteiger partial charge in [-0.15, -0.1) is 30.3 Å². The van der Waals surface area contributed by atoms with E-state index in [1.807, 2.05) is 52.4 Å². The minimum Gasteiger partial charge on any atom is -0.395 e. The molecule has 0 atom stereocenters. The SMILES string of the molecule is O=C(CSc1nnc(-c2cccs2)n1-c1ccccc1)Nc1ccc2c(c1)OC(F)(F)O2. The number of fused-ring (bicyclic) bond motifs is 1. The number of ether oxygens (including phenoxy) is 2. The molecule has 0 unspecified atom stereocenters. The maximum absolute atomic E-state index is 13.2. The molecule has 5 rings (SSSR count). The second-order valence-corrected chi connectivity index (χ2v) is 8.51. The number of hydrogen-bond donors (Lipinski definition) is 1. The van der Waals surface area contributed by atoms with E-state index in [2.05, 4.69) is 25.0 Å². The highest BCUT2D eigenvalue weighted by molar-refractivity contribution is 7.99. The molecule has 4 aromatic rings. The number of amides is 1. The van der Waals surface area contributed by atoms with Crippen LogP contribution < -0.4 is 14.8 Å². The van der Waals surface area contributed by atoms with E-state index >= 15 is 0 Å². The van der Waals surface area contributed by atoms with Crippen LogP contribution in [0.4, 0.5) is 14.5 Å². The van der Waals surface area contributed by atoms with Gasteiger partial charge in [0, 0.05) is 17.4 Å². The Labute approximate surface area is 189 Å². The Morgan fingerprint density at radius 2 is 1.88 bits per heavy atom. The van der Waals surface area contributed by atoms with E-state index < -0.39 is 6.29 Å². The van der Waals surface area contributed by atoms with Gasteiger partial charge in [-0.1, -0.05) is 36.0 Å². The first-order chi connectivity index (χ1) is 15.5. The topological polar surface area (TPSA) is 78.3 Å². The summed E-state index contributed by atoms with van der Waals surface area (Å²) >= 11 is 2.77. The van der Waals surface area contributed by atoms with Crippen LogP contribution in [0.3, 0.4) is 0 Å². The minimum atomic E-state index is -3.71. The van der Waals surface area contributed by atoms with Crippen molar-refractivity contribution in [1.29, 1.82) is 0 Å². The number of halogens is 2. The van der Waals surface area contributed by atoms with Crippen molar-refractivity contribution >= 4 is 34.7 Å². The Balaban J connectivity index is 1.32. The Kier molecular flexibility index (Phi) is 5.27. The summed E-state index contributed by atoms with van der Waals surface area (Å²) in [7, 11) is 0. The molecule has 2 aromatic carbocycles. The van der Waals surface area contributed by atoms with Crippen LogP contribution in [0.5, 0.6) is 11.5 Å². The van der Waals surface area contributed by atoms with E-state index in [1.54, 1.807) is 11.3 Å². The molecule has 3 heterocycles. The van der Waals surface area contributed by atoms with Crippen molar-refractivity contribution in [3.8, 4) is 27.9 Å². The summed E-state index contributed by atoms with van der Waals surface area (Å²) in [5.74, 6) is 0.177. The predicted molar refractivity (Wildman–Crippen MR) is 117 cm³/mol. The van der Waals surface area contributed by atoms with Crippen LogP contribution >= 0.6 is 23.1 Å². The molecule has 1 amide bonds. The lowest BCUT2D eigenvalue weighted by molar-refractivity contribution is -0.286. The van der Waals surface area contributed by atoms with Crippen molar-refractivity contribution in [3.05, 3.63) is 66.0 Å². The molecular weight excluding hydrogens is 458 g/mol. The molecule has 2 aromatic heterocycles. The highest BCUT2D eigenvalue weighted by Crippen LogP contribution is 2.42. The Bertz CT molecular complexity index is 1260. The van der Waals surface area contributed by atoms with Crippen LogP contribution in [0.1, 0.15) is 0 Å². The van der Waals surface area contributed by atoms with Crippen LogP contribution in [0.15, 0.2) is 71.2 Å². The fraction of sp³-hybridized carbons (Fsp3) is 0.0952. The number of nitrogens with zero attached hydrogens (tertiary/aromatic N) is 3. The zero-order valence-electron chi connectivity index (χ0n) is 16.2. The fourth-order valence-electron chi connectivity index (χ4n) is 3.09. The molecule has 0 aliphatic carbocycles. The smallest absolute Gasteiger partial charge is 0.395 e. The Hall–Kier alpha value is -3.44. The zero-order valence-corrected chi connectivity index (χ0v) is 17.8. The van der Waals surface area contributed by atoms with E-state index in [0.29, 0.717) is 16.7 Å². The lowest BCUT2D eigenvalue weighted by Crippen LogP contribution is -2.25. The molecule has 162 valence electrons. The molecule has 0 bridgehead atoms. The molecule has 0 radical (unpaired) electrons. The summed E-state index contributed by atoms with van der Waals surface area (Å²) in [6.07, 6.45) is -3.71. The van der Waals surface area contributed by atoms with Crippen LogP contribution in [0, 0.1) is 0 Å². The summed E-state index contributed by atoms with van der Waals surface area (Å²) < 4.78 is 37.0. The second kappa shape index (κ2) is 8.24. The molecule has 0 saturated heterocycles. The lowest BCUT2D eigenvalue weighted by atomic mass is 10.3. The van der Waals surface area contributed by atoms with E-state index in [1.165, 1.54) is 30.0 Å². The van der Waals surface area contributed by atoms with Gasteiger partial charge in [0.1, 0.15) is 0 Å². The summed E-state index contributed by atoms with van der Waals surface area (Å²) in [6.45, 7) is 0. The minimum absolute atomic E-state index is 0.0417. The standard InChI is InChI=1S/C21H14F2N4O3S2/c22-21(23)29-15-9-8-13(11-16(15)30-21)24-18(28)12-32-20-26-25-19(17-7-4-10-31-17)27(20)14-5-2-1-3-6-14/h1-11H,12H2,(H,24,28). The van der Waals surface area contributed by atoms with Gasteiger partial charge in [-0.2, -0.15) is 0 Å². The zero-order chi connectivity index (χ0) is 22.1. The number of nitrogens with one attached hydrogen (secondary N) is 1. The third-order valence-corrected chi connectivity index (χ3v) is 6.20. The van der Waals surface area contributed by atoms with Gasteiger partial charge in [0.05, 0.1) is 10.6 Å². The number of hydrogen-bond acceptors (Lipinski definition) is 7. The molecule has 1 aliphatic rings. The molecule has 0 fully saturated rings. The van der Waals surface area contributed by atoms with E-state index in [0.717, 1.165) is 10.6 Å². The van der Waals surface area contributed by atoms with Crippen molar-refractivity contribution in [3.63, 3.8) is 0 Å². The number of rotatable bonds is 6. The van der Waals surface area contributed by atoms with E-state index in [-0.39, 0.29) is 23.2 Å². The largest absolute Gasteiger partial charge is 0.586 e. The quantitative estimate of drug-likeness (QED) is 0.396. The normalized spacial score (nSPS) is 13.8. The first-order valence-electron chi connectivity index (χ1n) is 9.36. The van der Waals surface area contributed by atoms with Gasteiger partial charge >= 0.3 is 6.29 Å². The average molecular weight is 472 g/mol. The number of carbonyl (C=O) groups is 1. The molecule has 32 heavy (non-hydrogen) atoms. The first kappa shape index (κ1) is 20.5. The number of alkyl halides is 2. The molecule has 1 N–H and O–H groups in total. The van der Waals surface area contributed by atoms with Gasteiger partial charge in [-0.05, 0) is 35.7 Å². The first-order valence-corrected chi connectivity index (χ1v) is 11.2. The summed E-state index contributed by atoms with van der Waals surface area (Å²) in [5, 5.41) is 13.8. The number of thioether (sulfide) groups is 1. The Morgan fingerprint density at radius 1 is 1.06 bits per heavy atom. The molecule has 0 spiro atoms. The molecular formula is C21H14F2N4O3S2. The van der Waals surface area contributed by atoms with Gasteiger partial charge in [0.15, 0.2) is 22.5 Å². The number of aromatic nitrogens is 3. The van der Waals surface area contributed by atoms with Crippen LogP contribution in [0.25, 0.3) is 16.4 Å². The number of benzene rings is 2. The average Bonchev–Trinajstić information content (AvgIpc) is 3.49. The third kappa shape index (κ3) is 4.16. The van der Waals surface area contributed by atoms with E-state index in [4.69, 9.17) is 0 Å². The fourth-order valence-corrected chi connectivity index (χ4v) is 4.54. The Morgan fingerprint density at radius 3 is 2.66 bits per heavy atom. The van der Waals surface area contributed by atoms with E-state index in [9.17, 15) is 13.6 Å².